The lowest BCUT2D eigenvalue weighted by atomic mass is 10.0. The quantitative estimate of drug-likeness (QED) is 0.535. The molecule has 0 aliphatic heterocycles. The Labute approximate surface area is 172 Å². The van der Waals surface area contributed by atoms with Gasteiger partial charge in [-0.1, -0.05) is 49.7 Å². The fourth-order valence-electron chi connectivity index (χ4n) is 2.41. The van der Waals surface area contributed by atoms with Gasteiger partial charge in [0.05, 0.1) is 5.69 Å². The van der Waals surface area contributed by atoms with Gasteiger partial charge in [-0.3, -0.25) is 10.1 Å². The Morgan fingerprint density at radius 1 is 1.11 bits per heavy atom. The van der Waals surface area contributed by atoms with E-state index in [1.165, 1.54) is 16.9 Å². The molecule has 0 unspecified atom stereocenters. The van der Waals surface area contributed by atoms with Crippen molar-refractivity contribution in [3.8, 4) is 11.3 Å². The molecule has 138 valence electrons. The number of hydrogen-bond acceptors (Lipinski definition) is 4. The third kappa shape index (κ3) is 5.13. The Kier molecular flexibility index (Phi) is 6.21. The minimum atomic E-state index is -0.253. The second-order valence-corrected chi connectivity index (χ2v) is 7.93. The van der Waals surface area contributed by atoms with Gasteiger partial charge in [-0.15, -0.1) is 11.3 Å². The van der Waals surface area contributed by atoms with E-state index in [9.17, 15) is 4.79 Å². The van der Waals surface area contributed by atoms with Crippen LogP contribution in [0.3, 0.4) is 0 Å². The van der Waals surface area contributed by atoms with E-state index in [0.29, 0.717) is 21.6 Å². The van der Waals surface area contributed by atoms with Crippen molar-refractivity contribution in [1.29, 1.82) is 0 Å². The summed E-state index contributed by atoms with van der Waals surface area (Å²) in [6, 6.07) is 15.0. The zero-order valence-electron chi connectivity index (χ0n) is 14.8. The van der Waals surface area contributed by atoms with Crippen LogP contribution in [0, 0.1) is 0 Å². The first-order valence-electron chi connectivity index (χ1n) is 8.36. The number of hydrogen-bond donors (Lipinski definition) is 2. The molecular formula is C20H18ClN3OS2. The molecule has 3 aromatic rings. The second kappa shape index (κ2) is 8.61. The standard InChI is InChI=1S/C20H18ClN3OS2/c1-12(2)13-3-5-15(6-4-13)18(25)23-19(26)24-20-22-17(11-27-20)14-7-9-16(21)10-8-14/h3-12H,1-2H3,(H2,22,23,24,25,26). The predicted molar refractivity (Wildman–Crippen MR) is 117 cm³/mol. The maximum atomic E-state index is 12.3. The minimum Gasteiger partial charge on any atom is -0.308 e. The summed E-state index contributed by atoms with van der Waals surface area (Å²) < 4.78 is 0. The van der Waals surface area contributed by atoms with Crippen LogP contribution in [-0.2, 0) is 0 Å². The Balaban J connectivity index is 1.60. The number of carbonyl (C=O) groups excluding carboxylic acids is 1. The maximum Gasteiger partial charge on any atom is 0.257 e. The molecule has 0 saturated carbocycles. The number of nitrogens with one attached hydrogen (secondary N) is 2. The van der Waals surface area contributed by atoms with E-state index in [1.807, 2.05) is 41.8 Å². The first kappa shape index (κ1) is 19.5. The molecule has 1 amide bonds. The monoisotopic (exact) mass is 415 g/mol. The van der Waals surface area contributed by atoms with Gasteiger partial charge in [0.25, 0.3) is 5.91 Å². The van der Waals surface area contributed by atoms with E-state index < -0.39 is 0 Å². The fourth-order valence-corrected chi connectivity index (χ4v) is 3.51. The van der Waals surface area contributed by atoms with Crippen molar-refractivity contribution in [3.63, 3.8) is 0 Å². The van der Waals surface area contributed by atoms with Crippen LogP contribution in [0.4, 0.5) is 5.13 Å². The number of thiazole rings is 1. The van der Waals surface area contributed by atoms with E-state index >= 15 is 0 Å². The number of carbonyl (C=O) groups is 1. The summed E-state index contributed by atoms with van der Waals surface area (Å²) in [7, 11) is 0. The highest BCUT2D eigenvalue weighted by molar-refractivity contribution is 7.80. The van der Waals surface area contributed by atoms with E-state index in [4.69, 9.17) is 23.8 Å². The Morgan fingerprint density at radius 2 is 1.78 bits per heavy atom. The lowest BCUT2D eigenvalue weighted by molar-refractivity contribution is 0.0977. The zero-order chi connectivity index (χ0) is 19.4. The first-order valence-corrected chi connectivity index (χ1v) is 10.0. The van der Waals surface area contributed by atoms with E-state index in [0.717, 1.165) is 11.3 Å². The van der Waals surface area contributed by atoms with Crippen LogP contribution in [0.2, 0.25) is 5.02 Å². The highest BCUT2D eigenvalue weighted by atomic mass is 35.5. The number of amides is 1. The smallest absolute Gasteiger partial charge is 0.257 e. The van der Waals surface area contributed by atoms with Crippen LogP contribution in [0.5, 0.6) is 0 Å². The number of nitrogens with zero attached hydrogens (tertiary/aromatic N) is 1. The van der Waals surface area contributed by atoms with E-state index in [2.05, 4.69) is 29.5 Å². The van der Waals surface area contributed by atoms with Crippen LogP contribution in [0.15, 0.2) is 53.9 Å². The third-order valence-corrected chi connectivity index (χ3v) is 5.15. The molecule has 1 aromatic heterocycles. The molecular weight excluding hydrogens is 398 g/mol. The highest BCUT2D eigenvalue weighted by Gasteiger charge is 2.11. The average Bonchev–Trinajstić information content (AvgIpc) is 3.10. The number of anilines is 1. The summed E-state index contributed by atoms with van der Waals surface area (Å²) in [5, 5.41) is 9.06. The molecule has 0 aliphatic carbocycles. The number of aromatic nitrogens is 1. The average molecular weight is 416 g/mol. The number of halogens is 1. The molecule has 0 atom stereocenters. The van der Waals surface area contributed by atoms with Gasteiger partial charge in [0.15, 0.2) is 10.2 Å². The molecule has 7 heteroatoms. The third-order valence-electron chi connectivity index (χ3n) is 3.93. The van der Waals surface area contributed by atoms with Crippen LogP contribution in [0.25, 0.3) is 11.3 Å². The zero-order valence-corrected chi connectivity index (χ0v) is 17.2. The Bertz CT molecular complexity index is 950. The van der Waals surface area contributed by atoms with Crippen molar-refractivity contribution in [3.05, 3.63) is 70.1 Å². The van der Waals surface area contributed by atoms with E-state index in [1.54, 1.807) is 12.1 Å². The van der Waals surface area contributed by atoms with Crippen LogP contribution < -0.4 is 10.6 Å². The molecule has 0 saturated heterocycles. The second-order valence-electron chi connectivity index (χ2n) is 6.23. The summed E-state index contributed by atoms with van der Waals surface area (Å²) in [5.41, 5.74) is 3.52. The Morgan fingerprint density at radius 3 is 2.41 bits per heavy atom. The van der Waals surface area contributed by atoms with Gasteiger partial charge in [-0.2, -0.15) is 0 Å². The first-order chi connectivity index (χ1) is 12.9. The molecule has 0 spiro atoms. The van der Waals surface area contributed by atoms with Crippen molar-refractivity contribution >= 4 is 51.3 Å². The van der Waals surface area contributed by atoms with E-state index in [-0.39, 0.29) is 11.0 Å². The summed E-state index contributed by atoms with van der Waals surface area (Å²) >= 11 is 12.5. The minimum absolute atomic E-state index is 0.213. The molecule has 0 aliphatic rings. The number of benzene rings is 2. The number of rotatable bonds is 4. The lowest BCUT2D eigenvalue weighted by Crippen LogP contribution is -2.34. The van der Waals surface area contributed by atoms with Crippen molar-refractivity contribution in [2.75, 3.05) is 5.32 Å². The van der Waals surface area contributed by atoms with Gasteiger partial charge in [0.2, 0.25) is 0 Å². The van der Waals surface area contributed by atoms with Crippen LogP contribution in [-0.4, -0.2) is 16.0 Å². The highest BCUT2D eigenvalue weighted by Crippen LogP contribution is 2.26. The lowest BCUT2D eigenvalue weighted by Gasteiger charge is -2.09. The largest absolute Gasteiger partial charge is 0.308 e. The van der Waals surface area contributed by atoms with Gasteiger partial charge in [-0.05, 0) is 48.0 Å². The maximum absolute atomic E-state index is 12.3. The Hall–Kier alpha value is -2.28. The number of thiocarbonyl (C=S) groups is 1. The summed E-state index contributed by atoms with van der Waals surface area (Å²) in [4.78, 5) is 16.8. The van der Waals surface area contributed by atoms with Gasteiger partial charge in [0, 0.05) is 21.5 Å². The predicted octanol–water partition coefficient (Wildman–Crippen LogP) is 5.71. The van der Waals surface area contributed by atoms with Gasteiger partial charge in [-0.25, -0.2) is 4.98 Å². The summed E-state index contributed by atoms with van der Waals surface area (Å²) in [6.07, 6.45) is 0. The van der Waals surface area contributed by atoms with Gasteiger partial charge in [0.1, 0.15) is 0 Å². The van der Waals surface area contributed by atoms with Crippen LogP contribution >= 0.6 is 35.2 Å². The topological polar surface area (TPSA) is 54.0 Å². The van der Waals surface area contributed by atoms with Crippen molar-refractivity contribution in [2.24, 2.45) is 0 Å². The van der Waals surface area contributed by atoms with Gasteiger partial charge >= 0.3 is 0 Å². The fraction of sp³-hybridized carbons (Fsp3) is 0.150. The van der Waals surface area contributed by atoms with Crippen molar-refractivity contribution in [2.45, 2.75) is 19.8 Å². The molecule has 0 bridgehead atoms. The molecule has 2 aromatic carbocycles. The summed E-state index contributed by atoms with van der Waals surface area (Å²) in [6.45, 7) is 4.22. The normalized spacial score (nSPS) is 10.7. The molecule has 2 N–H and O–H groups in total. The van der Waals surface area contributed by atoms with Crippen molar-refractivity contribution in [1.82, 2.24) is 10.3 Å². The molecule has 0 fully saturated rings. The molecule has 1 heterocycles. The molecule has 4 nitrogen and oxygen atoms in total. The molecule has 3 rings (SSSR count). The van der Waals surface area contributed by atoms with Crippen molar-refractivity contribution < 1.29 is 4.79 Å². The molecule has 0 radical (unpaired) electrons. The molecule has 27 heavy (non-hydrogen) atoms. The summed E-state index contributed by atoms with van der Waals surface area (Å²) in [5.74, 6) is 0.168. The van der Waals surface area contributed by atoms with Gasteiger partial charge < -0.3 is 5.32 Å². The van der Waals surface area contributed by atoms with Crippen LogP contribution in [0.1, 0.15) is 35.7 Å². The SMILES string of the molecule is CC(C)c1ccc(C(=O)NC(=S)Nc2nc(-c3ccc(Cl)cc3)cs2)cc1.